The Kier molecular flexibility index (Phi) is 10.0. The average Bonchev–Trinajstić information content (AvgIpc) is 3.20. The van der Waals surface area contributed by atoms with Gasteiger partial charge in [-0.2, -0.15) is 0 Å². The minimum Gasteiger partial charge on any atom is -0.356 e. The second kappa shape index (κ2) is 11.5. The van der Waals surface area contributed by atoms with Crippen LogP contribution in [0, 0.1) is 6.92 Å². The van der Waals surface area contributed by atoms with Gasteiger partial charge in [-0.05, 0) is 37.6 Å². The van der Waals surface area contributed by atoms with Crippen LogP contribution in [0.2, 0.25) is 0 Å². The van der Waals surface area contributed by atoms with Crippen molar-refractivity contribution in [3.05, 3.63) is 40.6 Å². The van der Waals surface area contributed by atoms with Crippen LogP contribution in [0.5, 0.6) is 0 Å². The molecule has 7 heteroatoms. The zero-order valence-corrected chi connectivity index (χ0v) is 17.9. The summed E-state index contributed by atoms with van der Waals surface area (Å²) in [7, 11) is 3.94. The lowest BCUT2D eigenvalue weighted by Crippen LogP contribution is -2.40. The largest absolute Gasteiger partial charge is 0.356 e. The highest BCUT2D eigenvalue weighted by Crippen LogP contribution is 2.09. The minimum atomic E-state index is 0. The fraction of sp³-hybridized carbons (Fsp3) is 0.529. The van der Waals surface area contributed by atoms with Gasteiger partial charge in [0.1, 0.15) is 5.82 Å². The summed E-state index contributed by atoms with van der Waals surface area (Å²) in [4.78, 5) is 12.2. The number of nitrogens with zero attached hydrogens (tertiary/aromatic N) is 4. The van der Waals surface area contributed by atoms with Crippen molar-refractivity contribution in [2.45, 2.75) is 32.7 Å². The molecular formula is C17H28IN5S. The summed E-state index contributed by atoms with van der Waals surface area (Å²) in [6.07, 6.45) is 7.22. The van der Waals surface area contributed by atoms with Gasteiger partial charge >= 0.3 is 0 Å². The van der Waals surface area contributed by atoms with Crippen molar-refractivity contribution in [1.82, 2.24) is 19.8 Å². The summed E-state index contributed by atoms with van der Waals surface area (Å²) in [5.41, 5.74) is 0. The second-order valence-electron chi connectivity index (χ2n) is 5.60. The molecule has 0 bridgehead atoms. The quantitative estimate of drug-likeness (QED) is 0.284. The maximum atomic E-state index is 4.37. The van der Waals surface area contributed by atoms with Gasteiger partial charge in [0.15, 0.2) is 5.96 Å². The van der Waals surface area contributed by atoms with Gasteiger partial charge in [-0.15, -0.1) is 35.3 Å². The normalized spacial score (nSPS) is 11.2. The number of guanidine groups is 1. The van der Waals surface area contributed by atoms with Gasteiger partial charge in [0.25, 0.3) is 0 Å². The lowest BCUT2D eigenvalue weighted by Gasteiger charge is -2.21. The lowest BCUT2D eigenvalue weighted by molar-refractivity contribution is 0.482. The summed E-state index contributed by atoms with van der Waals surface area (Å²) >= 11 is 1.81. The first-order valence-electron chi connectivity index (χ1n) is 8.12. The third-order valence-electron chi connectivity index (χ3n) is 3.88. The number of rotatable bonds is 8. The molecule has 0 atom stereocenters. The zero-order valence-electron chi connectivity index (χ0n) is 14.7. The highest BCUT2D eigenvalue weighted by Gasteiger charge is 2.06. The van der Waals surface area contributed by atoms with Crippen LogP contribution in [0.15, 0.2) is 34.9 Å². The number of aryl methyl sites for hydroxylation is 2. The molecule has 0 saturated heterocycles. The number of aliphatic imine (C=N–C) groups is 1. The molecule has 0 amide bonds. The molecule has 2 aromatic rings. The number of hydrogen-bond acceptors (Lipinski definition) is 3. The Balaban J connectivity index is 0.00000288. The van der Waals surface area contributed by atoms with E-state index in [0.29, 0.717) is 0 Å². The van der Waals surface area contributed by atoms with Gasteiger partial charge in [0.2, 0.25) is 0 Å². The first kappa shape index (κ1) is 21.0. The predicted molar refractivity (Wildman–Crippen MR) is 114 cm³/mol. The summed E-state index contributed by atoms with van der Waals surface area (Å²) in [6.45, 7) is 5.00. The Morgan fingerprint density at radius 1 is 1.42 bits per heavy atom. The Labute approximate surface area is 166 Å². The number of nitrogens with one attached hydrogen (secondary N) is 1. The molecule has 0 aliphatic heterocycles. The molecule has 0 fully saturated rings. The van der Waals surface area contributed by atoms with Crippen LogP contribution in [0.25, 0.3) is 0 Å². The fourth-order valence-electron chi connectivity index (χ4n) is 2.47. The van der Waals surface area contributed by atoms with E-state index in [1.54, 1.807) is 0 Å². The molecule has 1 N–H and O–H groups in total. The van der Waals surface area contributed by atoms with E-state index in [1.165, 1.54) is 4.88 Å². The Morgan fingerprint density at radius 2 is 2.25 bits per heavy atom. The molecule has 2 rings (SSSR count). The van der Waals surface area contributed by atoms with E-state index in [9.17, 15) is 0 Å². The van der Waals surface area contributed by atoms with Crippen LogP contribution >= 0.6 is 35.3 Å². The fourth-order valence-corrected chi connectivity index (χ4v) is 3.17. The van der Waals surface area contributed by atoms with Crippen LogP contribution in [0.1, 0.15) is 23.5 Å². The maximum Gasteiger partial charge on any atom is 0.193 e. The van der Waals surface area contributed by atoms with Gasteiger partial charge in [0.05, 0.1) is 0 Å². The minimum absolute atomic E-state index is 0. The lowest BCUT2D eigenvalue weighted by atomic mass is 10.3. The third-order valence-corrected chi connectivity index (χ3v) is 4.82. The van der Waals surface area contributed by atoms with Gasteiger partial charge < -0.3 is 14.8 Å². The van der Waals surface area contributed by atoms with Crippen LogP contribution in [-0.2, 0) is 13.0 Å². The van der Waals surface area contributed by atoms with Gasteiger partial charge in [-0.1, -0.05) is 6.07 Å². The summed E-state index contributed by atoms with van der Waals surface area (Å²) < 4.78 is 2.20. The summed E-state index contributed by atoms with van der Waals surface area (Å²) in [5, 5.41) is 5.58. The van der Waals surface area contributed by atoms with Crippen molar-refractivity contribution < 1.29 is 0 Å². The maximum absolute atomic E-state index is 4.37. The molecule has 134 valence electrons. The second-order valence-corrected chi connectivity index (χ2v) is 6.63. The Morgan fingerprint density at radius 3 is 2.88 bits per heavy atom. The number of hydrogen-bond donors (Lipinski definition) is 1. The van der Waals surface area contributed by atoms with Gasteiger partial charge in [0, 0.05) is 51.0 Å². The Hall–Kier alpha value is -1.09. The molecule has 0 spiro atoms. The molecule has 2 heterocycles. The number of halogens is 1. The van der Waals surface area contributed by atoms with E-state index in [0.717, 1.165) is 50.7 Å². The number of likely N-dealkylation sites (N-methyl/N-ethyl adjacent to an activating group) is 1. The molecule has 0 radical (unpaired) electrons. The van der Waals surface area contributed by atoms with E-state index in [2.05, 4.69) is 49.3 Å². The molecule has 5 nitrogen and oxygen atoms in total. The topological polar surface area (TPSA) is 45.5 Å². The molecule has 0 aliphatic carbocycles. The monoisotopic (exact) mass is 461 g/mol. The average molecular weight is 461 g/mol. The third kappa shape index (κ3) is 6.80. The molecule has 0 saturated carbocycles. The van der Waals surface area contributed by atoms with Crippen LogP contribution in [0.3, 0.4) is 0 Å². The smallest absolute Gasteiger partial charge is 0.193 e. The summed E-state index contributed by atoms with van der Waals surface area (Å²) in [5.74, 6) is 2.06. The highest BCUT2D eigenvalue weighted by atomic mass is 127. The van der Waals surface area contributed by atoms with Gasteiger partial charge in [-0.25, -0.2) is 4.98 Å². The van der Waals surface area contributed by atoms with Crippen molar-refractivity contribution in [1.29, 1.82) is 0 Å². The first-order valence-corrected chi connectivity index (χ1v) is 9.00. The molecule has 0 aromatic carbocycles. The summed E-state index contributed by atoms with van der Waals surface area (Å²) in [6, 6.07) is 4.29. The van der Waals surface area contributed by atoms with Crippen molar-refractivity contribution in [2.24, 2.45) is 4.99 Å². The van der Waals surface area contributed by atoms with Crippen molar-refractivity contribution in [3.63, 3.8) is 0 Å². The number of unbranched alkanes of at least 4 members (excludes halogenated alkanes) is 1. The molecule has 0 aliphatic rings. The van der Waals surface area contributed by atoms with Crippen LogP contribution in [0.4, 0.5) is 0 Å². The van der Waals surface area contributed by atoms with E-state index >= 15 is 0 Å². The molecule has 0 unspecified atom stereocenters. The van der Waals surface area contributed by atoms with Crippen molar-refractivity contribution in [2.75, 3.05) is 27.2 Å². The van der Waals surface area contributed by atoms with Crippen molar-refractivity contribution >= 4 is 41.3 Å². The number of imidazole rings is 1. The number of aromatic nitrogens is 2. The zero-order chi connectivity index (χ0) is 16.5. The standard InChI is InChI=1S/C17H27N5S.HI/c1-15-19-10-13-22(15)11-5-4-9-20-17(18-2)21(3)12-8-16-7-6-14-23-16;/h6-7,10,13-14H,4-5,8-9,11-12H2,1-3H3,(H,18,20);1H. The SMILES string of the molecule is CN=C(NCCCCn1ccnc1C)N(C)CCc1cccs1.I. The predicted octanol–water partition coefficient (Wildman–Crippen LogP) is 3.40. The molecule has 2 aromatic heterocycles. The van der Waals surface area contributed by atoms with E-state index < -0.39 is 0 Å². The van der Waals surface area contributed by atoms with Crippen LogP contribution in [-0.4, -0.2) is 47.6 Å². The number of thiophene rings is 1. The Bertz CT molecular complexity index is 594. The first-order chi connectivity index (χ1) is 11.2. The molecular weight excluding hydrogens is 433 g/mol. The van der Waals surface area contributed by atoms with E-state index in [1.807, 2.05) is 37.7 Å². The van der Waals surface area contributed by atoms with Crippen molar-refractivity contribution in [3.8, 4) is 0 Å². The van der Waals surface area contributed by atoms with E-state index in [4.69, 9.17) is 0 Å². The van der Waals surface area contributed by atoms with E-state index in [-0.39, 0.29) is 24.0 Å². The highest BCUT2D eigenvalue weighted by molar-refractivity contribution is 14.0. The molecule has 24 heavy (non-hydrogen) atoms. The van der Waals surface area contributed by atoms with Gasteiger partial charge in [-0.3, -0.25) is 4.99 Å². The van der Waals surface area contributed by atoms with Crippen LogP contribution < -0.4 is 5.32 Å².